The summed E-state index contributed by atoms with van der Waals surface area (Å²) in [5.74, 6) is -0.400. The molecule has 0 aliphatic rings. The number of carbonyl (C=O) groups is 1. The first-order valence-electron chi connectivity index (χ1n) is 4.72. The molecule has 0 bridgehead atoms. The van der Waals surface area contributed by atoms with Gasteiger partial charge in [0.2, 0.25) is 5.91 Å². The van der Waals surface area contributed by atoms with Crippen molar-refractivity contribution in [3.05, 3.63) is 23.8 Å². The van der Waals surface area contributed by atoms with E-state index in [0.29, 0.717) is 5.56 Å². The van der Waals surface area contributed by atoms with Gasteiger partial charge in [0.1, 0.15) is 0 Å². The second-order valence-electron chi connectivity index (χ2n) is 3.86. The summed E-state index contributed by atoms with van der Waals surface area (Å²) in [5.41, 5.74) is 7.81. The largest absolute Gasteiger partial charge is 0.376 e. The van der Waals surface area contributed by atoms with Crippen LogP contribution in [0.2, 0.25) is 0 Å². The molecule has 0 unspecified atom stereocenters. The first-order chi connectivity index (χ1) is 6.93. The lowest BCUT2D eigenvalue weighted by Gasteiger charge is -2.22. The molecule has 82 valence electrons. The van der Waals surface area contributed by atoms with Crippen molar-refractivity contribution < 1.29 is 4.79 Å². The molecule has 0 heterocycles. The standard InChI is InChI=1S/C11H17N3O/c1-13(2)9-6-5-8(11(12)15)7-10(9)14(3)4/h5-7H,1-4H3,(H2,12,15). The van der Waals surface area contributed by atoms with Crippen molar-refractivity contribution in [1.29, 1.82) is 0 Å². The highest BCUT2D eigenvalue weighted by molar-refractivity contribution is 5.95. The van der Waals surface area contributed by atoms with Crippen molar-refractivity contribution in [2.75, 3.05) is 38.0 Å². The van der Waals surface area contributed by atoms with Gasteiger partial charge in [-0.1, -0.05) is 0 Å². The number of rotatable bonds is 3. The molecule has 1 aromatic carbocycles. The van der Waals surface area contributed by atoms with E-state index >= 15 is 0 Å². The molecule has 4 heteroatoms. The minimum absolute atomic E-state index is 0.400. The van der Waals surface area contributed by atoms with Crippen LogP contribution in [0.15, 0.2) is 18.2 Å². The van der Waals surface area contributed by atoms with Gasteiger partial charge in [-0.05, 0) is 18.2 Å². The lowest BCUT2D eigenvalue weighted by atomic mass is 10.1. The van der Waals surface area contributed by atoms with Crippen LogP contribution in [0.3, 0.4) is 0 Å². The van der Waals surface area contributed by atoms with Crippen molar-refractivity contribution in [3.63, 3.8) is 0 Å². The third-order valence-corrected chi connectivity index (χ3v) is 2.22. The predicted octanol–water partition coefficient (Wildman–Crippen LogP) is 0.918. The Labute approximate surface area is 90.3 Å². The molecule has 0 saturated carbocycles. The number of nitrogens with zero attached hydrogens (tertiary/aromatic N) is 2. The van der Waals surface area contributed by atoms with Crippen LogP contribution in [0, 0.1) is 0 Å². The number of benzene rings is 1. The smallest absolute Gasteiger partial charge is 0.248 e. The molecule has 1 rings (SSSR count). The van der Waals surface area contributed by atoms with Gasteiger partial charge in [-0.15, -0.1) is 0 Å². The van der Waals surface area contributed by atoms with Gasteiger partial charge in [0.05, 0.1) is 11.4 Å². The number of anilines is 2. The van der Waals surface area contributed by atoms with Crippen LogP contribution in [0.5, 0.6) is 0 Å². The maximum atomic E-state index is 11.0. The van der Waals surface area contributed by atoms with E-state index < -0.39 is 5.91 Å². The second kappa shape index (κ2) is 4.21. The third-order valence-electron chi connectivity index (χ3n) is 2.22. The normalized spacial score (nSPS) is 9.87. The van der Waals surface area contributed by atoms with E-state index in [1.165, 1.54) is 0 Å². The number of hydrogen-bond acceptors (Lipinski definition) is 3. The zero-order chi connectivity index (χ0) is 11.6. The Hall–Kier alpha value is -1.71. The van der Waals surface area contributed by atoms with Crippen LogP contribution < -0.4 is 15.5 Å². The van der Waals surface area contributed by atoms with E-state index in [0.717, 1.165) is 11.4 Å². The summed E-state index contributed by atoms with van der Waals surface area (Å²) >= 11 is 0. The molecule has 0 aromatic heterocycles. The van der Waals surface area contributed by atoms with Crippen molar-refractivity contribution in [2.24, 2.45) is 5.73 Å². The highest BCUT2D eigenvalue weighted by Crippen LogP contribution is 2.27. The van der Waals surface area contributed by atoms with Gasteiger partial charge in [-0.25, -0.2) is 0 Å². The summed E-state index contributed by atoms with van der Waals surface area (Å²) in [4.78, 5) is 15.0. The lowest BCUT2D eigenvalue weighted by Crippen LogP contribution is -2.18. The van der Waals surface area contributed by atoms with E-state index in [-0.39, 0.29) is 0 Å². The SMILES string of the molecule is CN(C)c1ccc(C(N)=O)cc1N(C)C. The van der Waals surface area contributed by atoms with Gasteiger partial charge in [0.15, 0.2) is 0 Å². The molecule has 0 atom stereocenters. The number of nitrogens with two attached hydrogens (primary N) is 1. The Kier molecular flexibility index (Phi) is 3.19. The predicted molar refractivity (Wildman–Crippen MR) is 63.6 cm³/mol. The molecule has 0 aliphatic carbocycles. The maximum absolute atomic E-state index is 11.0. The monoisotopic (exact) mass is 207 g/mol. The minimum Gasteiger partial charge on any atom is -0.376 e. The molecular formula is C11H17N3O. The first kappa shape index (κ1) is 11.4. The molecule has 2 N–H and O–H groups in total. The fraction of sp³-hybridized carbons (Fsp3) is 0.364. The van der Waals surface area contributed by atoms with Gasteiger partial charge in [0, 0.05) is 33.8 Å². The summed E-state index contributed by atoms with van der Waals surface area (Å²) in [6.07, 6.45) is 0. The molecular weight excluding hydrogens is 190 g/mol. The third kappa shape index (κ3) is 2.40. The minimum atomic E-state index is -0.400. The van der Waals surface area contributed by atoms with Crippen molar-refractivity contribution >= 4 is 17.3 Å². The number of primary amides is 1. The van der Waals surface area contributed by atoms with Gasteiger partial charge in [-0.2, -0.15) is 0 Å². The second-order valence-corrected chi connectivity index (χ2v) is 3.86. The fourth-order valence-corrected chi connectivity index (χ4v) is 1.41. The Bertz CT molecular complexity index is 372. The van der Waals surface area contributed by atoms with E-state index in [1.807, 2.05) is 44.1 Å². The maximum Gasteiger partial charge on any atom is 0.248 e. The van der Waals surface area contributed by atoms with Crippen LogP contribution in [0.4, 0.5) is 11.4 Å². The van der Waals surface area contributed by atoms with Gasteiger partial charge < -0.3 is 15.5 Å². The van der Waals surface area contributed by atoms with Crippen LogP contribution >= 0.6 is 0 Å². The van der Waals surface area contributed by atoms with E-state index in [1.54, 1.807) is 12.1 Å². The summed E-state index contributed by atoms with van der Waals surface area (Å²) in [6, 6.07) is 5.44. The van der Waals surface area contributed by atoms with E-state index in [9.17, 15) is 4.79 Å². The summed E-state index contributed by atoms with van der Waals surface area (Å²) in [7, 11) is 7.80. The summed E-state index contributed by atoms with van der Waals surface area (Å²) in [5, 5.41) is 0. The molecule has 0 aliphatic heterocycles. The van der Waals surface area contributed by atoms with Gasteiger partial charge in [-0.3, -0.25) is 4.79 Å². The molecule has 0 fully saturated rings. The summed E-state index contributed by atoms with van der Waals surface area (Å²) < 4.78 is 0. The Balaban J connectivity index is 3.27. The van der Waals surface area contributed by atoms with Gasteiger partial charge in [0.25, 0.3) is 0 Å². The number of hydrogen-bond donors (Lipinski definition) is 1. The number of amides is 1. The quantitative estimate of drug-likeness (QED) is 0.801. The van der Waals surface area contributed by atoms with Gasteiger partial charge >= 0.3 is 0 Å². The Morgan fingerprint density at radius 3 is 2.00 bits per heavy atom. The van der Waals surface area contributed by atoms with E-state index in [2.05, 4.69) is 0 Å². The molecule has 1 amide bonds. The highest BCUT2D eigenvalue weighted by Gasteiger charge is 2.09. The fourth-order valence-electron chi connectivity index (χ4n) is 1.41. The molecule has 4 nitrogen and oxygen atoms in total. The molecule has 15 heavy (non-hydrogen) atoms. The van der Waals surface area contributed by atoms with Crippen LogP contribution in [0.1, 0.15) is 10.4 Å². The molecule has 0 spiro atoms. The van der Waals surface area contributed by atoms with Crippen LogP contribution in [-0.4, -0.2) is 34.1 Å². The van der Waals surface area contributed by atoms with E-state index in [4.69, 9.17) is 5.73 Å². The summed E-state index contributed by atoms with van der Waals surface area (Å²) in [6.45, 7) is 0. The van der Waals surface area contributed by atoms with Crippen molar-refractivity contribution in [1.82, 2.24) is 0 Å². The van der Waals surface area contributed by atoms with Crippen LogP contribution in [-0.2, 0) is 0 Å². The topological polar surface area (TPSA) is 49.6 Å². The average Bonchev–Trinajstić information content (AvgIpc) is 2.16. The van der Waals surface area contributed by atoms with Crippen molar-refractivity contribution in [3.8, 4) is 0 Å². The molecule has 1 aromatic rings. The van der Waals surface area contributed by atoms with Crippen LogP contribution in [0.25, 0.3) is 0 Å². The lowest BCUT2D eigenvalue weighted by molar-refractivity contribution is 0.100. The Morgan fingerprint density at radius 1 is 1.07 bits per heavy atom. The Morgan fingerprint density at radius 2 is 1.60 bits per heavy atom. The molecule has 0 saturated heterocycles. The number of carbonyl (C=O) groups excluding carboxylic acids is 1. The highest BCUT2D eigenvalue weighted by atomic mass is 16.1. The average molecular weight is 207 g/mol. The zero-order valence-electron chi connectivity index (χ0n) is 9.61. The molecule has 0 radical (unpaired) electrons. The first-order valence-corrected chi connectivity index (χ1v) is 4.72. The zero-order valence-corrected chi connectivity index (χ0v) is 9.61. The van der Waals surface area contributed by atoms with Crippen molar-refractivity contribution in [2.45, 2.75) is 0 Å².